The van der Waals surface area contributed by atoms with Crippen molar-refractivity contribution >= 4 is 16.6 Å². The van der Waals surface area contributed by atoms with Crippen LogP contribution in [0.5, 0.6) is 0 Å². The summed E-state index contributed by atoms with van der Waals surface area (Å²) < 4.78 is 2.07. The molecule has 3 aromatic rings. The molecular formula is C19H16BrNO. The molecule has 0 aliphatic heterocycles. The first-order valence-corrected chi connectivity index (χ1v) is 7.34. The van der Waals surface area contributed by atoms with Gasteiger partial charge in [0, 0.05) is 23.4 Å². The summed E-state index contributed by atoms with van der Waals surface area (Å²) in [5, 5.41) is 2.38. The van der Waals surface area contributed by atoms with Crippen LogP contribution in [0.3, 0.4) is 0 Å². The fourth-order valence-electron chi connectivity index (χ4n) is 3.21. The first-order valence-electron chi connectivity index (χ1n) is 7.34. The lowest BCUT2D eigenvalue weighted by atomic mass is 9.87. The summed E-state index contributed by atoms with van der Waals surface area (Å²) in [6.07, 6.45) is 5.95. The SMILES string of the molecule is O=C1c2ccccc2CCC1[n+]1ccc2ccccc2c1.[Br-]. The zero-order valence-corrected chi connectivity index (χ0v) is 13.7. The van der Waals surface area contributed by atoms with Gasteiger partial charge in [-0.05, 0) is 23.4 Å². The maximum absolute atomic E-state index is 12.7. The largest absolute Gasteiger partial charge is 1.00 e. The highest BCUT2D eigenvalue weighted by Crippen LogP contribution is 2.25. The maximum Gasteiger partial charge on any atom is 0.230 e. The van der Waals surface area contributed by atoms with Crippen molar-refractivity contribution in [2.45, 2.75) is 18.9 Å². The van der Waals surface area contributed by atoms with Crippen LogP contribution >= 0.6 is 0 Å². The van der Waals surface area contributed by atoms with Gasteiger partial charge in [0.05, 0.1) is 0 Å². The standard InChI is InChI=1S/C19H16NO.BrH/c21-19-17-8-4-3-6-15(17)9-10-18(19)20-12-11-14-5-1-2-7-16(14)13-20;/h1-8,11-13,18H,9-10H2;1H/q+1;/p-1. The number of fused-ring (bicyclic) bond motifs is 2. The number of nitrogens with zero attached hydrogens (tertiary/aromatic N) is 1. The summed E-state index contributed by atoms with van der Waals surface area (Å²) in [6, 6.07) is 18.2. The quantitative estimate of drug-likeness (QED) is 0.583. The number of ketones is 1. The van der Waals surface area contributed by atoms with Gasteiger partial charge in [-0.3, -0.25) is 4.79 Å². The molecule has 2 aromatic carbocycles. The van der Waals surface area contributed by atoms with Crippen LogP contribution in [0.2, 0.25) is 0 Å². The van der Waals surface area contributed by atoms with Crippen LogP contribution in [0.15, 0.2) is 67.0 Å². The number of Topliss-reactive ketones (excluding diaryl/α,β-unsaturated/α-hetero) is 1. The molecule has 1 aliphatic rings. The second-order valence-corrected chi connectivity index (χ2v) is 5.60. The van der Waals surface area contributed by atoms with Gasteiger partial charge < -0.3 is 17.0 Å². The average molecular weight is 354 g/mol. The van der Waals surface area contributed by atoms with E-state index in [4.69, 9.17) is 0 Å². The first-order chi connectivity index (χ1) is 10.3. The fourth-order valence-corrected chi connectivity index (χ4v) is 3.21. The smallest absolute Gasteiger partial charge is 0.230 e. The van der Waals surface area contributed by atoms with E-state index >= 15 is 0 Å². The molecule has 0 saturated carbocycles. The van der Waals surface area contributed by atoms with Crippen molar-refractivity contribution in [1.29, 1.82) is 0 Å². The Bertz CT molecular complexity index is 843. The van der Waals surface area contributed by atoms with Crippen LogP contribution in [-0.2, 0) is 6.42 Å². The molecule has 0 fully saturated rings. The summed E-state index contributed by atoms with van der Waals surface area (Å²) in [6.45, 7) is 0. The third-order valence-electron chi connectivity index (χ3n) is 4.34. The van der Waals surface area contributed by atoms with Crippen LogP contribution in [0.4, 0.5) is 0 Å². The molecule has 0 saturated heterocycles. The van der Waals surface area contributed by atoms with E-state index in [1.54, 1.807) is 0 Å². The molecule has 0 bridgehead atoms. The van der Waals surface area contributed by atoms with Gasteiger partial charge in [0.1, 0.15) is 0 Å². The lowest BCUT2D eigenvalue weighted by Gasteiger charge is -2.19. The van der Waals surface area contributed by atoms with Gasteiger partial charge in [0.25, 0.3) is 0 Å². The van der Waals surface area contributed by atoms with Crippen LogP contribution in [0, 0.1) is 0 Å². The number of hydrogen-bond acceptors (Lipinski definition) is 1. The number of aromatic nitrogens is 1. The predicted molar refractivity (Wildman–Crippen MR) is 82.3 cm³/mol. The summed E-state index contributed by atoms with van der Waals surface area (Å²) in [5.74, 6) is 0.233. The molecule has 1 heterocycles. The lowest BCUT2D eigenvalue weighted by Crippen LogP contribution is -3.00. The third kappa shape index (κ3) is 2.46. The van der Waals surface area contributed by atoms with E-state index in [1.807, 2.05) is 36.5 Å². The van der Waals surface area contributed by atoms with E-state index in [1.165, 1.54) is 16.3 Å². The van der Waals surface area contributed by atoms with Crippen LogP contribution in [-0.4, -0.2) is 5.78 Å². The van der Waals surface area contributed by atoms with Crippen molar-refractivity contribution in [3.8, 4) is 0 Å². The number of carbonyl (C=O) groups excluding carboxylic acids is 1. The Labute approximate surface area is 140 Å². The number of benzene rings is 2. The number of halogens is 1. The van der Waals surface area contributed by atoms with E-state index in [9.17, 15) is 4.79 Å². The molecule has 3 heteroatoms. The zero-order chi connectivity index (χ0) is 14.2. The Morgan fingerprint density at radius 3 is 2.50 bits per heavy atom. The third-order valence-corrected chi connectivity index (χ3v) is 4.34. The zero-order valence-electron chi connectivity index (χ0n) is 12.1. The minimum Gasteiger partial charge on any atom is -1.00 e. The summed E-state index contributed by atoms with van der Waals surface area (Å²) in [5.41, 5.74) is 2.06. The second kappa shape index (κ2) is 6.01. The molecule has 2 nitrogen and oxygen atoms in total. The van der Waals surface area contributed by atoms with E-state index in [-0.39, 0.29) is 28.8 Å². The molecule has 0 radical (unpaired) electrons. The minimum atomic E-state index is -0.0792. The number of rotatable bonds is 1. The Morgan fingerprint density at radius 2 is 1.64 bits per heavy atom. The predicted octanol–water partition coefficient (Wildman–Crippen LogP) is 0.501. The van der Waals surface area contributed by atoms with Crippen LogP contribution < -0.4 is 21.5 Å². The maximum atomic E-state index is 12.7. The Hall–Kier alpha value is -2.00. The molecule has 0 spiro atoms. The van der Waals surface area contributed by atoms with Gasteiger partial charge in [-0.2, -0.15) is 4.57 Å². The summed E-state index contributed by atoms with van der Waals surface area (Å²) in [4.78, 5) is 12.7. The van der Waals surface area contributed by atoms with E-state index in [2.05, 4.69) is 35.0 Å². The number of hydrogen-bond donors (Lipinski definition) is 0. The van der Waals surface area contributed by atoms with Gasteiger partial charge in [-0.15, -0.1) is 0 Å². The van der Waals surface area contributed by atoms with Crippen LogP contribution in [0.25, 0.3) is 10.8 Å². The second-order valence-electron chi connectivity index (χ2n) is 5.60. The first kappa shape index (κ1) is 14.9. The lowest BCUT2D eigenvalue weighted by molar-refractivity contribution is -0.707. The molecule has 0 N–H and O–H groups in total. The van der Waals surface area contributed by atoms with Gasteiger partial charge >= 0.3 is 0 Å². The average Bonchev–Trinajstić information content (AvgIpc) is 2.55. The summed E-state index contributed by atoms with van der Waals surface area (Å²) >= 11 is 0. The van der Waals surface area contributed by atoms with Gasteiger partial charge in [-0.1, -0.05) is 42.5 Å². The molecule has 1 aliphatic carbocycles. The van der Waals surface area contributed by atoms with E-state index in [0.29, 0.717) is 0 Å². The van der Waals surface area contributed by atoms with Crippen molar-refractivity contribution < 1.29 is 26.3 Å². The molecule has 1 atom stereocenters. The number of carbonyl (C=O) groups is 1. The van der Waals surface area contributed by atoms with Crippen molar-refractivity contribution in [2.24, 2.45) is 0 Å². The van der Waals surface area contributed by atoms with Gasteiger partial charge in [0.15, 0.2) is 12.4 Å². The Kier molecular flexibility index (Phi) is 4.08. The molecule has 22 heavy (non-hydrogen) atoms. The number of pyridine rings is 1. The van der Waals surface area contributed by atoms with Gasteiger partial charge in [0.2, 0.25) is 11.8 Å². The van der Waals surface area contributed by atoms with Crippen molar-refractivity contribution in [2.75, 3.05) is 0 Å². The molecule has 0 amide bonds. The highest BCUT2D eigenvalue weighted by molar-refractivity contribution is 6.00. The fraction of sp³-hybridized carbons (Fsp3) is 0.158. The Balaban J connectivity index is 0.00000144. The molecule has 1 unspecified atom stereocenters. The van der Waals surface area contributed by atoms with E-state index in [0.717, 1.165) is 18.4 Å². The minimum absolute atomic E-state index is 0. The van der Waals surface area contributed by atoms with Gasteiger partial charge in [-0.25, -0.2) is 0 Å². The van der Waals surface area contributed by atoms with Crippen LogP contribution in [0.1, 0.15) is 28.4 Å². The highest BCUT2D eigenvalue weighted by Gasteiger charge is 2.33. The molecular weight excluding hydrogens is 338 g/mol. The normalized spacial score (nSPS) is 16.9. The van der Waals surface area contributed by atoms with Crippen molar-refractivity contribution in [3.63, 3.8) is 0 Å². The van der Waals surface area contributed by atoms with Crippen molar-refractivity contribution in [3.05, 3.63) is 78.1 Å². The monoisotopic (exact) mass is 353 g/mol. The topological polar surface area (TPSA) is 20.9 Å². The molecule has 1 aromatic heterocycles. The van der Waals surface area contributed by atoms with E-state index < -0.39 is 0 Å². The highest BCUT2D eigenvalue weighted by atomic mass is 79.9. The summed E-state index contributed by atoms with van der Waals surface area (Å²) in [7, 11) is 0. The van der Waals surface area contributed by atoms with Crippen molar-refractivity contribution in [1.82, 2.24) is 0 Å². The Morgan fingerprint density at radius 1 is 0.909 bits per heavy atom. The molecule has 110 valence electrons. The number of aryl methyl sites for hydroxylation is 1. The molecule has 4 rings (SSSR count).